The van der Waals surface area contributed by atoms with E-state index in [4.69, 9.17) is 14.5 Å². The maximum atomic E-state index is 13.8. The van der Waals surface area contributed by atoms with Crippen molar-refractivity contribution in [3.63, 3.8) is 0 Å². The van der Waals surface area contributed by atoms with E-state index in [0.29, 0.717) is 54.9 Å². The number of aryl methyl sites for hydroxylation is 1. The molecule has 1 fully saturated rings. The number of hydrogen-bond acceptors (Lipinski definition) is 5. The third kappa shape index (κ3) is 5.09. The molecule has 0 atom stereocenters. The highest BCUT2D eigenvalue weighted by Crippen LogP contribution is 2.35. The van der Waals surface area contributed by atoms with Crippen molar-refractivity contribution in [1.29, 1.82) is 0 Å². The molecule has 0 unspecified atom stereocenters. The van der Waals surface area contributed by atoms with Gasteiger partial charge in [-0.25, -0.2) is 9.78 Å². The number of aromatic nitrogens is 2. The van der Waals surface area contributed by atoms with Crippen LogP contribution in [0, 0.1) is 6.92 Å². The topological polar surface area (TPSA) is 93.9 Å². The van der Waals surface area contributed by atoms with Crippen LogP contribution in [0.3, 0.4) is 0 Å². The van der Waals surface area contributed by atoms with Gasteiger partial charge in [-0.15, -0.1) is 0 Å². The van der Waals surface area contributed by atoms with E-state index in [1.165, 1.54) is 0 Å². The molecule has 2 aliphatic rings. The SMILES string of the molecule is Cc1ccc(-c2nc(C(=O)N3CCC(c4cc(C(=O)O)c5ccccc5c4)CC3)cn2-c2ccc3c(c2)OCCO3)cc1. The molecule has 5 aromatic rings. The van der Waals surface area contributed by atoms with E-state index in [0.717, 1.165) is 46.0 Å². The second kappa shape index (κ2) is 10.9. The summed E-state index contributed by atoms with van der Waals surface area (Å²) in [5, 5.41) is 11.5. The Morgan fingerprint density at radius 1 is 0.884 bits per heavy atom. The van der Waals surface area contributed by atoms with Gasteiger partial charge in [-0.1, -0.05) is 60.2 Å². The highest BCUT2D eigenvalue weighted by atomic mass is 16.6. The molecule has 0 aliphatic carbocycles. The number of fused-ring (bicyclic) bond motifs is 2. The molecular formula is C35H31N3O5. The van der Waals surface area contributed by atoms with Crippen LogP contribution in [0.1, 0.15) is 50.7 Å². The van der Waals surface area contributed by atoms with E-state index in [-0.39, 0.29) is 11.8 Å². The summed E-state index contributed by atoms with van der Waals surface area (Å²) in [6.45, 7) is 4.17. The molecule has 216 valence electrons. The second-order valence-corrected chi connectivity index (χ2v) is 11.2. The fourth-order valence-electron chi connectivity index (χ4n) is 6.09. The molecule has 7 rings (SSSR count). The number of carbonyl (C=O) groups is 2. The molecule has 0 radical (unpaired) electrons. The number of imidazole rings is 1. The molecule has 1 saturated heterocycles. The monoisotopic (exact) mass is 573 g/mol. The van der Waals surface area contributed by atoms with Gasteiger partial charge in [0.05, 0.1) is 11.3 Å². The number of rotatable bonds is 5. The quantitative estimate of drug-likeness (QED) is 0.258. The number of amides is 1. The first-order valence-electron chi connectivity index (χ1n) is 14.6. The Labute approximate surface area is 249 Å². The molecule has 0 saturated carbocycles. The summed E-state index contributed by atoms with van der Waals surface area (Å²) in [6, 6.07) is 25.3. The van der Waals surface area contributed by atoms with Crippen molar-refractivity contribution in [2.75, 3.05) is 26.3 Å². The van der Waals surface area contributed by atoms with E-state index in [1.807, 2.05) is 83.1 Å². The number of hydrogen-bond donors (Lipinski definition) is 1. The fraction of sp³-hybridized carbons (Fsp3) is 0.229. The largest absolute Gasteiger partial charge is 0.486 e. The number of nitrogens with zero attached hydrogens (tertiary/aromatic N) is 3. The molecule has 2 aliphatic heterocycles. The zero-order valence-electron chi connectivity index (χ0n) is 23.8. The number of carboxylic acid groups (broad SMARTS) is 1. The number of benzene rings is 4. The van der Waals surface area contributed by atoms with E-state index in [1.54, 1.807) is 12.3 Å². The van der Waals surface area contributed by atoms with Gasteiger partial charge in [-0.05, 0) is 60.2 Å². The Kier molecular flexibility index (Phi) is 6.81. The molecular weight excluding hydrogens is 542 g/mol. The lowest BCUT2D eigenvalue weighted by atomic mass is 9.86. The number of ether oxygens (including phenoxy) is 2. The summed E-state index contributed by atoms with van der Waals surface area (Å²) in [4.78, 5) is 32.5. The van der Waals surface area contributed by atoms with Gasteiger partial charge >= 0.3 is 5.97 Å². The van der Waals surface area contributed by atoms with Crippen LogP contribution in [0.5, 0.6) is 11.5 Å². The molecule has 8 heteroatoms. The van der Waals surface area contributed by atoms with E-state index in [9.17, 15) is 14.7 Å². The van der Waals surface area contributed by atoms with Gasteiger partial charge in [0.1, 0.15) is 24.7 Å². The van der Waals surface area contributed by atoms with Gasteiger partial charge in [-0.2, -0.15) is 0 Å². The predicted molar refractivity (Wildman–Crippen MR) is 164 cm³/mol. The summed E-state index contributed by atoms with van der Waals surface area (Å²) in [5.74, 6) is 1.17. The Hall–Kier alpha value is -5.11. The van der Waals surface area contributed by atoms with Crippen molar-refractivity contribution >= 4 is 22.6 Å². The lowest BCUT2D eigenvalue weighted by Gasteiger charge is -2.32. The molecule has 8 nitrogen and oxygen atoms in total. The summed E-state index contributed by atoms with van der Waals surface area (Å²) in [6.07, 6.45) is 3.30. The molecule has 1 N–H and O–H groups in total. The van der Waals surface area contributed by atoms with Gasteiger partial charge in [0, 0.05) is 30.9 Å². The van der Waals surface area contributed by atoms with Crippen molar-refractivity contribution in [1.82, 2.24) is 14.5 Å². The summed E-state index contributed by atoms with van der Waals surface area (Å²) in [5.41, 5.74) is 4.58. The molecule has 1 amide bonds. The average molecular weight is 574 g/mol. The van der Waals surface area contributed by atoms with Gasteiger partial charge in [0.15, 0.2) is 11.5 Å². The van der Waals surface area contributed by atoms with Crippen LogP contribution >= 0.6 is 0 Å². The average Bonchev–Trinajstić information content (AvgIpc) is 3.49. The summed E-state index contributed by atoms with van der Waals surface area (Å²) < 4.78 is 13.5. The predicted octanol–water partition coefficient (Wildman–Crippen LogP) is 6.49. The smallest absolute Gasteiger partial charge is 0.336 e. The van der Waals surface area contributed by atoms with E-state index < -0.39 is 5.97 Å². The first kappa shape index (κ1) is 26.8. The van der Waals surface area contributed by atoms with E-state index >= 15 is 0 Å². The molecule has 0 bridgehead atoms. The van der Waals surface area contributed by atoms with Crippen LogP contribution in [0.15, 0.2) is 85.1 Å². The fourth-order valence-corrected chi connectivity index (χ4v) is 6.09. The standard InChI is InChI=1S/C35H31N3O5/c1-22-6-8-24(9-7-22)33-36-30(21-38(33)27-10-11-31-32(20-27)43-17-16-42-31)34(39)37-14-12-23(13-15-37)26-18-25-4-2-3-5-28(25)29(19-26)35(40)41/h2-11,18-21,23H,12-17H2,1H3,(H,40,41). The summed E-state index contributed by atoms with van der Waals surface area (Å²) >= 11 is 0. The number of likely N-dealkylation sites (tertiary alicyclic amines) is 1. The summed E-state index contributed by atoms with van der Waals surface area (Å²) in [7, 11) is 0. The first-order chi connectivity index (χ1) is 20.9. The molecule has 43 heavy (non-hydrogen) atoms. The lowest BCUT2D eigenvalue weighted by Crippen LogP contribution is -2.38. The van der Waals surface area contributed by atoms with E-state index in [2.05, 4.69) is 6.07 Å². The number of aromatic carboxylic acids is 1. The zero-order chi connectivity index (χ0) is 29.5. The van der Waals surface area contributed by atoms with Gasteiger partial charge in [0.2, 0.25) is 0 Å². The molecule has 1 aromatic heterocycles. The van der Waals surface area contributed by atoms with Crippen molar-refractivity contribution in [2.24, 2.45) is 0 Å². The Morgan fingerprint density at radius 3 is 2.40 bits per heavy atom. The Bertz CT molecular complexity index is 1850. The third-order valence-electron chi connectivity index (χ3n) is 8.41. The highest BCUT2D eigenvalue weighted by Gasteiger charge is 2.28. The van der Waals surface area contributed by atoms with Crippen molar-refractivity contribution < 1.29 is 24.2 Å². The van der Waals surface area contributed by atoms with Gasteiger partial charge in [-0.3, -0.25) is 9.36 Å². The maximum absolute atomic E-state index is 13.8. The molecule has 0 spiro atoms. The maximum Gasteiger partial charge on any atom is 0.336 e. The second-order valence-electron chi connectivity index (χ2n) is 11.2. The number of piperidine rings is 1. The van der Waals surface area contributed by atoms with Crippen molar-refractivity contribution in [3.05, 3.63) is 107 Å². The third-order valence-corrected chi connectivity index (χ3v) is 8.41. The molecule has 4 aromatic carbocycles. The van der Waals surface area contributed by atoms with Crippen molar-refractivity contribution in [2.45, 2.75) is 25.7 Å². The molecule has 3 heterocycles. The number of carbonyl (C=O) groups excluding carboxylic acids is 1. The zero-order valence-corrected chi connectivity index (χ0v) is 23.8. The van der Waals surface area contributed by atoms with Crippen LogP contribution in [-0.2, 0) is 0 Å². The van der Waals surface area contributed by atoms with Crippen LogP contribution in [0.4, 0.5) is 0 Å². The van der Waals surface area contributed by atoms with Crippen LogP contribution in [-0.4, -0.2) is 57.7 Å². The number of carboxylic acids is 1. The first-order valence-corrected chi connectivity index (χ1v) is 14.6. The van der Waals surface area contributed by atoms with Gasteiger partial charge in [0.25, 0.3) is 5.91 Å². The van der Waals surface area contributed by atoms with Crippen LogP contribution in [0.2, 0.25) is 0 Å². The minimum absolute atomic E-state index is 0.118. The lowest BCUT2D eigenvalue weighted by molar-refractivity contribution is 0.0696. The van der Waals surface area contributed by atoms with Crippen molar-refractivity contribution in [3.8, 4) is 28.6 Å². The normalized spacial score (nSPS) is 15.0. The van der Waals surface area contributed by atoms with Gasteiger partial charge < -0.3 is 19.5 Å². The highest BCUT2D eigenvalue weighted by molar-refractivity contribution is 6.04. The Morgan fingerprint density at radius 2 is 1.63 bits per heavy atom. The minimum atomic E-state index is -0.927. The van der Waals surface area contributed by atoms with Crippen LogP contribution in [0.25, 0.3) is 27.8 Å². The van der Waals surface area contributed by atoms with Crippen LogP contribution < -0.4 is 9.47 Å². The minimum Gasteiger partial charge on any atom is -0.486 e. The Balaban J connectivity index is 1.16.